The molecule has 0 fully saturated rings. The molecule has 0 spiro atoms. The van der Waals surface area contributed by atoms with Crippen molar-refractivity contribution in [1.82, 2.24) is 4.98 Å². The molecule has 0 unspecified atom stereocenters. The second-order valence-corrected chi connectivity index (χ2v) is 6.79. The average molecular weight is 400 g/mol. The number of halogens is 2. The summed E-state index contributed by atoms with van der Waals surface area (Å²) in [6.45, 7) is 4.37. The Kier molecular flexibility index (Phi) is 6.53. The summed E-state index contributed by atoms with van der Waals surface area (Å²) in [6, 6.07) is 12.7. The van der Waals surface area contributed by atoms with Crippen LogP contribution in [0.1, 0.15) is 30.5 Å². The van der Waals surface area contributed by atoms with E-state index in [9.17, 15) is 4.39 Å². The first-order valence-electron chi connectivity index (χ1n) is 9.29. The highest BCUT2D eigenvalue weighted by Crippen LogP contribution is 2.33. The van der Waals surface area contributed by atoms with Crippen molar-refractivity contribution in [2.75, 3.05) is 7.11 Å². The van der Waals surface area contributed by atoms with Crippen LogP contribution in [-0.2, 0) is 19.4 Å². The zero-order valence-electron chi connectivity index (χ0n) is 16.3. The Morgan fingerprint density at radius 3 is 2.29 bits per heavy atom. The Bertz CT molecular complexity index is 932. The summed E-state index contributed by atoms with van der Waals surface area (Å²) in [5, 5.41) is 0.230. The van der Waals surface area contributed by atoms with Gasteiger partial charge in [0.1, 0.15) is 12.4 Å². The van der Waals surface area contributed by atoms with Crippen LogP contribution in [0.3, 0.4) is 0 Å². The minimum Gasteiger partial charge on any atom is -0.496 e. The zero-order chi connectivity index (χ0) is 20.1. The maximum absolute atomic E-state index is 13.9. The highest BCUT2D eigenvalue weighted by molar-refractivity contribution is 6.32. The van der Waals surface area contributed by atoms with Gasteiger partial charge in [-0.15, -0.1) is 0 Å². The van der Waals surface area contributed by atoms with E-state index in [1.165, 1.54) is 23.3 Å². The standard InChI is InChI=1S/C23H23ClFNO2/c1-4-15-8-6-9-16(5-2)22(15)20-12-21(27-3)17(13-26-20)14-28-23-18(24)10-7-11-19(23)25/h6-13H,4-5,14H2,1-3H3. The predicted octanol–water partition coefficient (Wildman–Crippen LogP) is 6.25. The fourth-order valence-electron chi connectivity index (χ4n) is 3.24. The summed E-state index contributed by atoms with van der Waals surface area (Å²) in [6.07, 6.45) is 3.56. The fourth-order valence-corrected chi connectivity index (χ4v) is 3.46. The molecule has 1 aromatic heterocycles. The first kappa shape index (κ1) is 20.2. The number of para-hydroxylation sites is 1. The molecule has 0 amide bonds. The lowest BCUT2D eigenvalue weighted by Gasteiger charge is -2.16. The first-order valence-corrected chi connectivity index (χ1v) is 9.67. The molecule has 0 bridgehead atoms. The Labute approximate surface area is 170 Å². The van der Waals surface area contributed by atoms with Crippen molar-refractivity contribution in [2.45, 2.75) is 33.3 Å². The summed E-state index contributed by atoms with van der Waals surface area (Å²) >= 11 is 6.03. The van der Waals surface area contributed by atoms with Crippen molar-refractivity contribution in [3.63, 3.8) is 0 Å². The van der Waals surface area contributed by atoms with Gasteiger partial charge in [-0.1, -0.05) is 49.7 Å². The Morgan fingerprint density at radius 2 is 1.68 bits per heavy atom. The van der Waals surface area contributed by atoms with Crippen molar-refractivity contribution in [3.05, 3.63) is 76.2 Å². The van der Waals surface area contributed by atoms with Gasteiger partial charge in [-0.3, -0.25) is 4.98 Å². The van der Waals surface area contributed by atoms with Crippen LogP contribution in [0.4, 0.5) is 4.39 Å². The van der Waals surface area contributed by atoms with Crippen LogP contribution in [0, 0.1) is 5.82 Å². The van der Waals surface area contributed by atoms with Crippen molar-refractivity contribution >= 4 is 11.6 Å². The molecular formula is C23H23ClFNO2. The minimum atomic E-state index is -0.500. The Hall–Kier alpha value is -2.59. The van der Waals surface area contributed by atoms with Gasteiger partial charge in [0, 0.05) is 23.4 Å². The highest BCUT2D eigenvalue weighted by atomic mass is 35.5. The summed E-state index contributed by atoms with van der Waals surface area (Å²) in [7, 11) is 1.60. The molecule has 0 saturated carbocycles. The van der Waals surface area contributed by atoms with Gasteiger partial charge in [0.25, 0.3) is 0 Å². The van der Waals surface area contributed by atoms with Crippen LogP contribution in [-0.4, -0.2) is 12.1 Å². The smallest absolute Gasteiger partial charge is 0.174 e. The van der Waals surface area contributed by atoms with Crippen LogP contribution in [0.25, 0.3) is 11.3 Å². The van der Waals surface area contributed by atoms with Gasteiger partial charge in [-0.25, -0.2) is 4.39 Å². The van der Waals surface area contributed by atoms with Crippen molar-refractivity contribution in [2.24, 2.45) is 0 Å². The van der Waals surface area contributed by atoms with Crippen LogP contribution < -0.4 is 9.47 Å². The molecule has 0 saturated heterocycles. The topological polar surface area (TPSA) is 31.4 Å². The highest BCUT2D eigenvalue weighted by Gasteiger charge is 2.15. The molecule has 0 aliphatic rings. The number of benzene rings is 2. The van der Waals surface area contributed by atoms with Gasteiger partial charge in [-0.05, 0) is 36.1 Å². The third kappa shape index (κ3) is 4.12. The van der Waals surface area contributed by atoms with E-state index in [2.05, 4.69) is 37.0 Å². The number of aromatic nitrogens is 1. The van der Waals surface area contributed by atoms with E-state index in [0.717, 1.165) is 29.7 Å². The van der Waals surface area contributed by atoms with Crippen molar-refractivity contribution < 1.29 is 13.9 Å². The molecule has 2 aromatic carbocycles. The van der Waals surface area contributed by atoms with Crippen molar-refractivity contribution in [1.29, 1.82) is 0 Å². The molecule has 0 atom stereocenters. The molecule has 146 valence electrons. The third-order valence-electron chi connectivity index (χ3n) is 4.71. The Morgan fingerprint density at radius 1 is 1.00 bits per heavy atom. The van der Waals surface area contributed by atoms with Crippen LogP contribution >= 0.6 is 11.6 Å². The van der Waals surface area contributed by atoms with E-state index in [4.69, 9.17) is 21.1 Å². The summed E-state index contributed by atoms with van der Waals surface area (Å²) in [5.41, 5.74) is 5.22. The number of pyridine rings is 1. The number of aryl methyl sites for hydroxylation is 2. The maximum atomic E-state index is 13.9. The summed E-state index contributed by atoms with van der Waals surface area (Å²) in [4.78, 5) is 4.65. The molecule has 3 nitrogen and oxygen atoms in total. The lowest BCUT2D eigenvalue weighted by atomic mass is 9.94. The van der Waals surface area contributed by atoms with Gasteiger partial charge < -0.3 is 9.47 Å². The number of hydrogen-bond donors (Lipinski definition) is 0. The van der Waals surface area contributed by atoms with Gasteiger partial charge in [-0.2, -0.15) is 0 Å². The number of hydrogen-bond acceptors (Lipinski definition) is 3. The van der Waals surface area contributed by atoms with Gasteiger partial charge >= 0.3 is 0 Å². The van der Waals surface area contributed by atoms with Crippen LogP contribution in [0.2, 0.25) is 5.02 Å². The summed E-state index contributed by atoms with van der Waals surface area (Å²) in [5.74, 6) is 0.172. The van der Waals surface area contributed by atoms with Crippen LogP contribution in [0.5, 0.6) is 11.5 Å². The molecule has 5 heteroatoms. The molecule has 28 heavy (non-hydrogen) atoms. The molecule has 1 heterocycles. The molecule has 0 radical (unpaired) electrons. The SMILES string of the molecule is CCc1cccc(CC)c1-c1cc(OC)c(COc2c(F)cccc2Cl)cn1. The number of rotatable bonds is 7. The van der Waals surface area contributed by atoms with Gasteiger partial charge in [0.2, 0.25) is 0 Å². The molecule has 0 N–H and O–H groups in total. The number of nitrogens with zero attached hydrogens (tertiary/aromatic N) is 1. The zero-order valence-corrected chi connectivity index (χ0v) is 17.0. The van der Waals surface area contributed by atoms with E-state index in [-0.39, 0.29) is 17.4 Å². The van der Waals surface area contributed by atoms with Gasteiger partial charge in [0.15, 0.2) is 11.6 Å². The predicted molar refractivity (Wildman–Crippen MR) is 111 cm³/mol. The molecule has 3 rings (SSSR count). The van der Waals surface area contributed by atoms with E-state index in [1.807, 2.05) is 6.07 Å². The Balaban J connectivity index is 1.94. The largest absolute Gasteiger partial charge is 0.496 e. The second kappa shape index (κ2) is 9.07. The first-order chi connectivity index (χ1) is 13.6. The molecule has 0 aliphatic carbocycles. The second-order valence-electron chi connectivity index (χ2n) is 6.38. The normalized spacial score (nSPS) is 10.8. The van der Waals surface area contributed by atoms with E-state index in [1.54, 1.807) is 19.4 Å². The number of ether oxygens (including phenoxy) is 2. The lowest BCUT2D eigenvalue weighted by molar-refractivity contribution is 0.282. The average Bonchev–Trinajstić information content (AvgIpc) is 2.72. The molecule has 3 aromatic rings. The number of methoxy groups -OCH3 is 1. The maximum Gasteiger partial charge on any atom is 0.174 e. The van der Waals surface area contributed by atoms with Gasteiger partial charge in [0.05, 0.1) is 17.8 Å². The van der Waals surface area contributed by atoms with Crippen molar-refractivity contribution in [3.8, 4) is 22.8 Å². The third-order valence-corrected chi connectivity index (χ3v) is 5.01. The van der Waals surface area contributed by atoms with E-state index in [0.29, 0.717) is 5.75 Å². The van der Waals surface area contributed by atoms with Crippen LogP contribution in [0.15, 0.2) is 48.7 Å². The lowest BCUT2D eigenvalue weighted by Crippen LogP contribution is -2.03. The fraction of sp³-hybridized carbons (Fsp3) is 0.261. The summed E-state index contributed by atoms with van der Waals surface area (Å²) < 4.78 is 25.1. The minimum absolute atomic E-state index is 0.0277. The van der Waals surface area contributed by atoms with E-state index >= 15 is 0 Å². The van der Waals surface area contributed by atoms with E-state index < -0.39 is 5.82 Å². The molecular weight excluding hydrogens is 377 g/mol. The quantitative estimate of drug-likeness (QED) is 0.470. The molecule has 0 aliphatic heterocycles. The monoisotopic (exact) mass is 399 g/mol.